The van der Waals surface area contributed by atoms with Gasteiger partial charge in [-0.2, -0.15) is 0 Å². The van der Waals surface area contributed by atoms with Crippen molar-refractivity contribution in [3.05, 3.63) is 23.7 Å². The maximum Gasteiger partial charge on any atom is 0.359 e. The number of hydrogen-bond acceptors (Lipinski definition) is 3. The molecule has 0 aliphatic rings. The van der Waals surface area contributed by atoms with Crippen LogP contribution in [-0.4, -0.2) is 5.97 Å². The van der Waals surface area contributed by atoms with E-state index in [9.17, 15) is 4.79 Å². The molecule has 0 aliphatic heterocycles. The summed E-state index contributed by atoms with van der Waals surface area (Å²) in [6.45, 7) is 1.66. The number of furan rings is 1. The molecular weight excluding hydrogens is 156 g/mol. The normalized spacial score (nSPS) is 9.40. The second-order valence-corrected chi connectivity index (χ2v) is 1.91. The van der Waals surface area contributed by atoms with E-state index in [2.05, 4.69) is 4.29 Å². The first kappa shape index (κ1) is 7.15. The van der Waals surface area contributed by atoms with Crippen LogP contribution in [0.15, 0.2) is 16.7 Å². The molecule has 54 valence electrons. The zero-order valence-electron chi connectivity index (χ0n) is 5.26. The highest BCUT2D eigenvalue weighted by molar-refractivity contribution is 6.15. The van der Waals surface area contributed by atoms with Crippen LogP contribution < -0.4 is 0 Å². The second-order valence-electron chi connectivity index (χ2n) is 1.76. The topological polar surface area (TPSA) is 39.4 Å². The molecule has 10 heavy (non-hydrogen) atoms. The summed E-state index contributed by atoms with van der Waals surface area (Å²) in [5.74, 6) is -0.0847. The number of carbonyl (C=O) groups is 1. The second kappa shape index (κ2) is 2.75. The van der Waals surface area contributed by atoms with Gasteiger partial charge in [-0.15, -0.1) is 0 Å². The highest BCUT2D eigenvalue weighted by Crippen LogP contribution is 2.10. The zero-order chi connectivity index (χ0) is 7.56. The van der Waals surface area contributed by atoms with Gasteiger partial charge in [-0.25, -0.2) is 4.79 Å². The highest BCUT2D eigenvalue weighted by atomic mass is 35.5. The molecule has 0 fully saturated rings. The van der Waals surface area contributed by atoms with Gasteiger partial charge in [0.05, 0.1) is 6.26 Å². The Hall–Kier alpha value is -0.960. The quantitative estimate of drug-likeness (QED) is 0.630. The maximum atomic E-state index is 10.7. The van der Waals surface area contributed by atoms with Gasteiger partial charge in [-0.05, 0) is 13.0 Å². The summed E-state index contributed by atoms with van der Waals surface area (Å²) < 4.78 is 8.78. The van der Waals surface area contributed by atoms with Crippen molar-refractivity contribution in [2.45, 2.75) is 6.92 Å². The smallest absolute Gasteiger partial charge is 0.359 e. The number of halogens is 1. The van der Waals surface area contributed by atoms with Gasteiger partial charge in [0.25, 0.3) is 0 Å². The van der Waals surface area contributed by atoms with E-state index in [0.29, 0.717) is 11.3 Å². The van der Waals surface area contributed by atoms with Gasteiger partial charge < -0.3 is 8.71 Å². The molecule has 0 N–H and O–H groups in total. The van der Waals surface area contributed by atoms with Crippen molar-refractivity contribution in [1.82, 2.24) is 0 Å². The minimum atomic E-state index is -0.590. The molecule has 0 unspecified atom stereocenters. The van der Waals surface area contributed by atoms with Crippen LogP contribution in [0.5, 0.6) is 0 Å². The number of carbonyl (C=O) groups excluding carboxylic acids is 1. The SMILES string of the molecule is Cc1occc1C(=O)OCl. The third-order valence-corrected chi connectivity index (χ3v) is 1.29. The molecule has 0 amide bonds. The van der Waals surface area contributed by atoms with E-state index in [4.69, 9.17) is 16.3 Å². The monoisotopic (exact) mass is 160 g/mol. The molecule has 0 aromatic carbocycles. The predicted octanol–water partition coefficient (Wildman–Crippen LogP) is 1.90. The van der Waals surface area contributed by atoms with Crippen molar-refractivity contribution in [1.29, 1.82) is 0 Å². The number of hydrogen-bond donors (Lipinski definition) is 0. The van der Waals surface area contributed by atoms with Crippen molar-refractivity contribution in [3.63, 3.8) is 0 Å². The lowest BCUT2D eigenvalue weighted by Gasteiger charge is -1.90. The molecule has 3 nitrogen and oxygen atoms in total. The molecule has 0 aliphatic carbocycles. The van der Waals surface area contributed by atoms with Crippen LogP contribution in [0.4, 0.5) is 0 Å². The Morgan fingerprint density at radius 1 is 1.80 bits per heavy atom. The fourth-order valence-electron chi connectivity index (χ4n) is 0.638. The average molecular weight is 161 g/mol. The summed E-state index contributed by atoms with van der Waals surface area (Å²) in [6, 6.07) is 1.50. The first-order valence-electron chi connectivity index (χ1n) is 2.62. The van der Waals surface area contributed by atoms with Crippen LogP contribution in [0.2, 0.25) is 0 Å². The lowest BCUT2D eigenvalue weighted by atomic mass is 10.3. The molecule has 0 radical (unpaired) electrons. The minimum Gasteiger partial charge on any atom is -0.469 e. The fraction of sp³-hybridized carbons (Fsp3) is 0.167. The number of aryl methyl sites for hydroxylation is 1. The third-order valence-electron chi connectivity index (χ3n) is 1.15. The van der Waals surface area contributed by atoms with Crippen LogP contribution in [0.3, 0.4) is 0 Å². The molecule has 0 saturated heterocycles. The summed E-state index contributed by atoms with van der Waals surface area (Å²) in [6.07, 6.45) is 1.40. The van der Waals surface area contributed by atoms with Gasteiger partial charge >= 0.3 is 5.97 Å². The standard InChI is InChI=1S/C6H5ClO3/c1-4-5(2-3-9-4)6(8)10-7/h2-3H,1H3. The van der Waals surface area contributed by atoms with Gasteiger partial charge in [0.1, 0.15) is 23.2 Å². The molecule has 0 spiro atoms. The van der Waals surface area contributed by atoms with E-state index >= 15 is 0 Å². The van der Waals surface area contributed by atoms with Crippen molar-refractivity contribution in [2.24, 2.45) is 0 Å². The Bertz CT molecular complexity index is 241. The molecule has 4 heteroatoms. The summed E-state index contributed by atoms with van der Waals surface area (Å²) in [5, 5.41) is 0. The van der Waals surface area contributed by atoms with Crippen LogP contribution in [0, 0.1) is 6.92 Å². The maximum absolute atomic E-state index is 10.7. The first-order chi connectivity index (χ1) is 4.75. The van der Waals surface area contributed by atoms with E-state index in [0.717, 1.165) is 0 Å². The summed E-state index contributed by atoms with van der Waals surface area (Å²) in [4.78, 5) is 10.7. The van der Waals surface area contributed by atoms with Crippen molar-refractivity contribution < 1.29 is 13.5 Å². The molecule has 0 atom stereocenters. The van der Waals surface area contributed by atoms with Crippen molar-refractivity contribution >= 4 is 17.8 Å². The molecule has 1 heterocycles. The molecule has 1 rings (SSSR count). The summed E-state index contributed by atoms with van der Waals surface area (Å²) >= 11 is 4.82. The molecule has 1 aromatic heterocycles. The van der Waals surface area contributed by atoms with Gasteiger partial charge in [0, 0.05) is 0 Å². The Morgan fingerprint density at radius 3 is 2.90 bits per heavy atom. The zero-order valence-corrected chi connectivity index (χ0v) is 6.01. The molecule has 0 saturated carbocycles. The van der Waals surface area contributed by atoms with Crippen molar-refractivity contribution in [2.75, 3.05) is 0 Å². The third kappa shape index (κ3) is 1.14. The number of rotatable bonds is 1. The van der Waals surface area contributed by atoms with Crippen LogP contribution in [0.25, 0.3) is 0 Å². The van der Waals surface area contributed by atoms with E-state index in [1.165, 1.54) is 12.3 Å². The minimum absolute atomic E-state index is 0.356. The largest absolute Gasteiger partial charge is 0.469 e. The van der Waals surface area contributed by atoms with E-state index in [1.807, 2.05) is 0 Å². The summed E-state index contributed by atoms with van der Waals surface area (Å²) in [5.41, 5.74) is 0.356. The Balaban J connectivity index is 2.93. The Labute approximate surface area is 62.7 Å². The first-order valence-corrected chi connectivity index (χ1v) is 2.93. The molecular formula is C6H5ClO3. The van der Waals surface area contributed by atoms with Gasteiger partial charge in [0.2, 0.25) is 0 Å². The summed E-state index contributed by atoms with van der Waals surface area (Å²) in [7, 11) is 0. The van der Waals surface area contributed by atoms with Crippen LogP contribution in [0.1, 0.15) is 16.1 Å². The lowest BCUT2D eigenvalue weighted by molar-refractivity contribution is 0.0749. The Morgan fingerprint density at radius 2 is 2.50 bits per heavy atom. The lowest BCUT2D eigenvalue weighted by Crippen LogP contribution is -1.96. The van der Waals surface area contributed by atoms with Crippen molar-refractivity contribution in [3.8, 4) is 0 Å². The van der Waals surface area contributed by atoms with Crippen LogP contribution in [-0.2, 0) is 4.29 Å². The molecule has 0 bridgehead atoms. The fourth-order valence-corrected chi connectivity index (χ4v) is 0.721. The average Bonchev–Trinajstić information content (AvgIpc) is 2.34. The van der Waals surface area contributed by atoms with Gasteiger partial charge in [0.15, 0.2) is 0 Å². The van der Waals surface area contributed by atoms with Crippen LogP contribution >= 0.6 is 11.9 Å². The predicted molar refractivity (Wildman–Crippen MR) is 34.7 cm³/mol. The van der Waals surface area contributed by atoms with E-state index in [-0.39, 0.29) is 0 Å². The molecule has 1 aromatic rings. The van der Waals surface area contributed by atoms with E-state index in [1.54, 1.807) is 6.92 Å². The highest BCUT2D eigenvalue weighted by Gasteiger charge is 2.11. The van der Waals surface area contributed by atoms with Gasteiger partial charge in [-0.3, -0.25) is 0 Å². The van der Waals surface area contributed by atoms with E-state index < -0.39 is 5.97 Å². The Kier molecular flexibility index (Phi) is 1.97. The van der Waals surface area contributed by atoms with Gasteiger partial charge in [-0.1, -0.05) is 0 Å².